The molecule has 0 aliphatic carbocycles. The zero-order valence-corrected chi connectivity index (χ0v) is 19.6. The summed E-state index contributed by atoms with van der Waals surface area (Å²) in [5, 5.41) is 0. The average Bonchev–Trinajstić information content (AvgIpc) is 3.20. The summed E-state index contributed by atoms with van der Waals surface area (Å²) in [6.45, 7) is 6.29. The maximum absolute atomic E-state index is 4.73. The fourth-order valence-corrected chi connectivity index (χ4v) is 4.81. The third-order valence-electron chi connectivity index (χ3n) is 6.16. The molecule has 0 saturated heterocycles. The summed E-state index contributed by atoms with van der Waals surface area (Å²) in [6.07, 6.45) is 4.45. The minimum Gasteiger partial charge on any atom is -0.256 e. The molecule has 0 atom stereocenters. The maximum Gasteiger partial charge on any atom is 0.203 e. The van der Waals surface area contributed by atoms with Gasteiger partial charge < -0.3 is 0 Å². The summed E-state index contributed by atoms with van der Waals surface area (Å²) in [5.41, 5.74) is 11.7. The number of hydrogen-bond donors (Lipinski definition) is 0. The van der Waals surface area contributed by atoms with Crippen molar-refractivity contribution < 1.29 is 4.68 Å². The minimum absolute atomic E-state index is 1.03. The second-order valence-corrected chi connectivity index (χ2v) is 8.61. The lowest BCUT2D eigenvalue weighted by Gasteiger charge is -2.14. The summed E-state index contributed by atoms with van der Waals surface area (Å²) in [7, 11) is 2.09. The van der Waals surface area contributed by atoms with Crippen LogP contribution in [0.15, 0.2) is 97.3 Å². The summed E-state index contributed by atoms with van der Waals surface area (Å²) >= 11 is 0. The van der Waals surface area contributed by atoms with Gasteiger partial charge in [-0.05, 0) is 54.7 Å². The molecule has 3 aromatic carbocycles. The first-order valence-corrected chi connectivity index (χ1v) is 11.3. The van der Waals surface area contributed by atoms with Crippen molar-refractivity contribution >= 4 is 0 Å². The van der Waals surface area contributed by atoms with E-state index in [0.29, 0.717) is 0 Å². The Labute approximate surface area is 195 Å². The summed E-state index contributed by atoms with van der Waals surface area (Å²) < 4.78 is 4.36. The molecule has 0 unspecified atom stereocenters. The van der Waals surface area contributed by atoms with E-state index in [-0.39, 0.29) is 0 Å². The van der Waals surface area contributed by atoms with E-state index in [2.05, 4.69) is 128 Å². The van der Waals surface area contributed by atoms with Gasteiger partial charge >= 0.3 is 0 Å². The van der Waals surface area contributed by atoms with E-state index in [1.807, 2.05) is 6.92 Å². The van der Waals surface area contributed by atoms with Crippen molar-refractivity contribution in [3.63, 3.8) is 0 Å². The molecule has 2 heterocycles. The van der Waals surface area contributed by atoms with Gasteiger partial charge in [0, 0.05) is 11.3 Å². The molecule has 0 aliphatic rings. The van der Waals surface area contributed by atoms with Crippen LogP contribution in [0.2, 0.25) is 0 Å². The van der Waals surface area contributed by atoms with Gasteiger partial charge in [0.1, 0.15) is 5.69 Å². The van der Waals surface area contributed by atoms with Crippen molar-refractivity contribution in [1.82, 2.24) is 9.67 Å². The van der Waals surface area contributed by atoms with Crippen molar-refractivity contribution in [2.45, 2.75) is 20.8 Å². The Bertz CT molecular complexity index is 1350. The zero-order chi connectivity index (χ0) is 22.9. The topological polar surface area (TPSA) is 21.7 Å². The Morgan fingerprint density at radius 3 is 1.82 bits per heavy atom. The van der Waals surface area contributed by atoms with Crippen molar-refractivity contribution in [2.75, 3.05) is 0 Å². The number of benzene rings is 3. The minimum atomic E-state index is 1.03. The number of hydrogen-bond acceptors (Lipinski definition) is 1. The first kappa shape index (κ1) is 20.9. The molecule has 0 amide bonds. The van der Waals surface area contributed by atoms with E-state index < -0.39 is 0 Å². The molecular formula is C30H28N3+. The smallest absolute Gasteiger partial charge is 0.203 e. The van der Waals surface area contributed by atoms with E-state index in [0.717, 1.165) is 17.1 Å². The van der Waals surface area contributed by atoms with E-state index in [9.17, 15) is 0 Å². The highest BCUT2D eigenvalue weighted by Crippen LogP contribution is 2.40. The highest BCUT2D eigenvalue weighted by molar-refractivity contribution is 5.94. The van der Waals surface area contributed by atoms with Crippen LogP contribution in [0.4, 0.5) is 0 Å². The number of rotatable bonds is 4. The molecule has 0 radical (unpaired) electrons. The molecule has 0 bridgehead atoms. The molecule has 33 heavy (non-hydrogen) atoms. The largest absolute Gasteiger partial charge is 0.256 e. The first-order valence-electron chi connectivity index (χ1n) is 11.3. The van der Waals surface area contributed by atoms with Crippen molar-refractivity contribution in [2.24, 2.45) is 7.05 Å². The Hall–Kier alpha value is -3.98. The number of aryl methyl sites for hydroxylation is 4. The molecule has 162 valence electrons. The zero-order valence-electron chi connectivity index (χ0n) is 19.6. The van der Waals surface area contributed by atoms with Gasteiger partial charge in [0.25, 0.3) is 0 Å². The van der Waals surface area contributed by atoms with E-state index >= 15 is 0 Å². The SMILES string of the molecule is Cc1cc(C)c(-n2cc(-c3c(-c4ccccc4)cccc3-c3ccccc3)c[n+]2C)c(C)n1. The van der Waals surface area contributed by atoms with Crippen LogP contribution in [0, 0.1) is 20.8 Å². The lowest BCUT2D eigenvalue weighted by atomic mass is 9.89. The van der Waals surface area contributed by atoms with Gasteiger partial charge in [-0.25, -0.2) is 0 Å². The van der Waals surface area contributed by atoms with Crippen molar-refractivity contribution in [1.29, 1.82) is 0 Å². The lowest BCUT2D eigenvalue weighted by molar-refractivity contribution is -0.744. The molecule has 0 fully saturated rings. The third kappa shape index (κ3) is 3.87. The second-order valence-electron chi connectivity index (χ2n) is 8.61. The normalized spacial score (nSPS) is 11.0. The average molecular weight is 431 g/mol. The number of pyridine rings is 1. The van der Waals surface area contributed by atoms with Crippen LogP contribution < -0.4 is 4.68 Å². The highest BCUT2D eigenvalue weighted by Gasteiger charge is 2.22. The van der Waals surface area contributed by atoms with Crippen molar-refractivity contribution in [3.05, 3.63) is 114 Å². The van der Waals surface area contributed by atoms with Gasteiger partial charge in [0.2, 0.25) is 6.20 Å². The monoisotopic (exact) mass is 430 g/mol. The molecule has 0 saturated carbocycles. The molecule has 5 aromatic rings. The predicted molar refractivity (Wildman–Crippen MR) is 135 cm³/mol. The van der Waals surface area contributed by atoms with Crippen LogP contribution in [0.25, 0.3) is 39.1 Å². The lowest BCUT2D eigenvalue weighted by Crippen LogP contribution is -2.37. The number of aromatic nitrogens is 3. The quantitative estimate of drug-likeness (QED) is 0.294. The molecule has 2 aromatic heterocycles. The van der Waals surface area contributed by atoms with Gasteiger partial charge in [-0.1, -0.05) is 78.9 Å². The molecule has 5 rings (SSSR count). The molecule has 3 heteroatoms. The Balaban J connectivity index is 1.78. The summed E-state index contributed by atoms with van der Waals surface area (Å²) in [6, 6.07) is 30.0. The summed E-state index contributed by atoms with van der Waals surface area (Å²) in [4.78, 5) is 4.73. The highest BCUT2D eigenvalue weighted by atomic mass is 15.4. The molecule has 0 aliphatic heterocycles. The Morgan fingerprint density at radius 2 is 1.27 bits per heavy atom. The van der Waals surface area contributed by atoms with E-state index in [4.69, 9.17) is 4.98 Å². The van der Waals surface area contributed by atoms with Crippen LogP contribution in [-0.4, -0.2) is 9.67 Å². The molecular weight excluding hydrogens is 402 g/mol. The van der Waals surface area contributed by atoms with Gasteiger partial charge in [-0.15, -0.1) is 9.36 Å². The van der Waals surface area contributed by atoms with Gasteiger partial charge in [0.05, 0.1) is 17.5 Å². The van der Waals surface area contributed by atoms with Crippen molar-refractivity contribution in [3.8, 4) is 39.1 Å². The second kappa shape index (κ2) is 8.51. The predicted octanol–water partition coefficient (Wildman–Crippen LogP) is 6.62. The van der Waals surface area contributed by atoms with Gasteiger partial charge in [0.15, 0.2) is 7.05 Å². The molecule has 0 N–H and O–H groups in total. The van der Waals surface area contributed by atoms with E-state index in [1.54, 1.807) is 0 Å². The van der Waals surface area contributed by atoms with Gasteiger partial charge in [-0.3, -0.25) is 4.98 Å². The third-order valence-corrected chi connectivity index (χ3v) is 6.16. The van der Waals surface area contributed by atoms with Crippen LogP contribution >= 0.6 is 0 Å². The standard InChI is InChI=1S/C30H28N3/c1-21-18-22(2)31-23(3)30(21)33-20-26(19-32(33)4)29-27(24-12-7-5-8-13-24)16-11-17-28(29)25-14-9-6-10-15-25/h5-20H,1-4H3/q+1. The molecule has 3 nitrogen and oxygen atoms in total. The fourth-order valence-electron chi connectivity index (χ4n) is 4.81. The number of nitrogens with zero attached hydrogens (tertiary/aromatic N) is 3. The fraction of sp³-hybridized carbons (Fsp3) is 0.133. The van der Waals surface area contributed by atoms with Crippen LogP contribution in [0.3, 0.4) is 0 Å². The van der Waals surface area contributed by atoms with Gasteiger partial charge in [-0.2, -0.15) is 0 Å². The first-order chi connectivity index (χ1) is 16.0. The van der Waals surface area contributed by atoms with E-state index in [1.165, 1.54) is 38.9 Å². The Morgan fingerprint density at radius 1 is 0.697 bits per heavy atom. The van der Waals surface area contributed by atoms with Crippen LogP contribution in [0.5, 0.6) is 0 Å². The maximum atomic E-state index is 4.73. The van der Waals surface area contributed by atoms with Crippen LogP contribution in [0.1, 0.15) is 17.0 Å². The molecule has 0 spiro atoms. The van der Waals surface area contributed by atoms with Crippen LogP contribution in [-0.2, 0) is 7.05 Å². The Kier molecular flexibility index (Phi) is 5.39. The summed E-state index contributed by atoms with van der Waals surface area (Å²) in [5.74, 6) is 0.